The fourth-order valence-electron chi connectivity index (χ4n) is 2.76. The van der Waals surface area contributed by atoms with Gasteiger partial charge in [-0.3, -0.25) is 4.79 Å². The van der Waals surface area contributed by atoms with E-state index in [0.717, 1.165) is 15.4 Å². The summed E-state index contributed by atoms with van der Waals surface area (Å²) in [5, 5.41) is 17.4. The number of hydrogen-bond acceptors (Lipinski definition) is 5. The summed E-state index contributed by atoms with van der Waals surface area (Å²) in [6.07, 6.45) is 0. The van der Waals surface area contributed by atoms with E-state index < -0.39 is 22.0 Å². The maximum absolute atomic E-state index is 13.0. The zero-order valence-corrected chi connectivity index (χ0v) is 14.4. The molecule has 128 valence electrons. The minimum Gasteiger partial charge on any atom is -0.480 e. The van der Waals surface area contributed by atoms with Crippen LogP contribution in [0.1, 0.15) is 22.8 Å². The molecule has 2 heterocycles. The Hall–Kier alpha value is -2.26. The number of carboxylic acids is 1. The largest absolute Gasteiger partial charge is 0.480 e. The van der Waals surface area contributed by atoms with Crippen LogP contribution in [0.3, 0.4) is 0 Å². The first-order valence-electron chi connectivity index (χ1n) is 7.42. The molecule has 2 aromatic rings. The molecule has 0 spiro atoms. The number of carboxylic acid groups (broad SMARTS) is 1. The highest BCUT2D eigenvalue weighted by Gasteiger charge is 2.41. The molecule has 0 fully saturated rings. The van der Waals surface area contributed by atoms with Crippen LogP contribution >= 0.6 is 0 Å². The summed E-state index contributed by atoms with van der Waals surface area (Å²) in [4.78, 5) is 11.7. The van der Waals surface area contributed by atoms with Crippen molar-refractivity contribution in [1.82, 2.24) is 19.1 Å². The van der Waals surface area contributed by atoms with Crippen LogP contribution in [0.5, 0.6) is 0 Å². The highest BCUT2D eigenvalue weighted by molar-refractivity contribution is 7.89. The van der Waals surface area contributed by atoms with Gasteiger partial charge in [-0.2, -0.15) is 4.31 Å². The number of hydrogen-bond donors (Lipinski definition) is 1. The molecule has 1 aliphatic rings. The Bertz CT molecular complexity index is 920. The second-order valence-corrected chi connectivity index (χ2v) is 7.81. The molecular weight excluding hydrogens is 332 g/mol. The molecule has 0 aliphatic carbocycles. The first-order chi connectivity index (χ1) is 11.2. The molecule has 3 rings (SSSR count). The van der Waals surface area contributed by atoms with Crippen molar-refractivity contribution in [3.05, 3.63) is 41.0 Å². The van der Waals surface area contributed by atoms with E-state index in [1.807, 2.05) is 13.8 Å². The minimum atomic E-state index is -3.96. The molecule has 9 heteroatoms. The number of nitrogens with zero attached hydrogens (tertiary/aromatic N) is 4. The van der Waals surface area contributed by atoms with Crippen LogP contribution in [0.15, 0.2) is 23.1 Å². The lowest BCUT2D eigenvalue weighted by molar-refractivity contribution is -0.142. The fourth-order valence-corrected chi connectivity index (χ4v) is 4.37. The van der Waals surface area contributed by atoms with Gasteiger partial charge >= 0.3 is 5.97 Å². The summed E-state index contributed by atoms with van der Waals surface area (Å²) in [7, 11) is -3.96. The number of aromatic nitrogens is 3. The summed E-state index contributed by atoms with van der Waals surface area (Å²) in [6.45, 7) is 5.29. The summed E-state index contributed by atoms with van der Waals surface area (Å²) >= 11 is 0. The van der Waals surface area contributed by atoms with Gasteiger partial charge in [0.1, 0.15) is 17.7 Å². The smallest absolute Gasteiger partial charge is 0.323 e. The average molecular weight is 350 g/mol. The SMILES string of the molecule is Cc1ccc(S(=O)(=O)N2Cc3nnc(C)n3CC2C(=O)O)cc1C. The summed E-state index contributed by atoms with van der Waals surface area (Å²) < 4.78 is 28.6. The molecule has 1 unspecified atom stereocenters. The third-order valence-corrected chi connectivity index (χ3v) is 6.23. The van der Waals surface area contributed by atoms with Crippen LogP contribution in [0, 0.1) is 20.8 Å². The van der Waals surface area contributed by atoms with Crippen molar-refractivity contribution in [3.8, 4) is 0 Å². The van der Waals surface area contributed by atoms with Crippen LogP contribution in [0.4, 0.5) is 0 Å². The molecule has 8 nitrogen and oxygen atoms in total. The van der Waals surface area contributed by atoms with E-state index in [2.05, 4.69) is 10.2 Å². The van der Waals surface area contributed by atoms with Gasteiger partial charge < -0.3 is 9.67 Å². The predicted octanol–water partition coefficient (Wildman–Crippen LogP) is 0.861. The van der Waals surface area contributed by atoms with Crippen molar-refractivity contribution in [1.29, 1.82) is 0 Å². The Kier molecular flexibility index (Phi) is 3.92. The van der Waals surface area contributed by atoms with E-state index in [9.17, 15) is 18.3 Å². The maximum Gasteiger partial charge on any atom is 0.323 e. The molecule has 0 amide bonds. The Morgan fingerprint density at radius 1 is 1.21 bits per heavy atom. The number of benzene rings is 1. The second kappa shape index (κ2) is 5.67. The van der Waals surface area contributed by atoms with Gasteiger partial charge in [0.05, 0.1) is 18.0 Å². The van der Waals surface area contributed by atoms with Crippen molar-refractivity contribution < 1.29 is 18.3 Å². The summed E-state index contributed by atoms with van der Waals surface area (Å²) in [5.74, 6) is -0.182. The lowest BCUT2D eigenvalue weighted by Gasteiger charge is -2.32. The topological polar surface area (TPSA) is 105 Å². The molecule has 1 atom stereocenters. The van der Waals surface area contributed by atoms with Crippen LogP contribution in [-0.2, 0) is 27.9 Å². The molecule has 1 aromatic carbocycles. The van der Waals surface area contributed by atoms with Crippen molar-refractivity contribution >= 4 is 16.0 Å². The fraction of sp³-hybridized carbons (Fsp3) is 0.400. The monoisotopic (exact) mass is 350 g/mol. The normalized spacial score (nSPS) is 18.4. The van der Waals surface area contributed by atoms with Crippen LogP contribution < -0.4 is 0 Å². The van der Waals surface area contributed by atoms with Gasteiger partial charge in [0.2, 0.25) is 10.0 Å². The molecule has 1 aromatic heterocycles. The molecule has 0 radical (unpaired) electrons. The summed E-state index contributed by atoms with van der Waals surface area (Å²) in [5.41, 5.74) is 1.80. The molecule has 0 saturated carbocycles. The summed E-state index contributed by atoms with van der Waals surface area (Å²) in [6, 6.07) is 3.59. The lowest BCUT2D eigenvalue weighted by atomic mass is 10.1. The van der Waals surface area contributed by atoms with E-state index in [-0.39, 0.29) is 18.0 Å². The number of sulfonamides is 1. The zero-order valence-electron chi connectivity index (χ0n) is 13.6. The lowest BCUT2D eigenvalue weighted by Crippen LogP contribution is -2.50. The highest BCUT2D eigenvalue weighted by Crippen LogP contribution is 2.27. The number of rotatable bonds is 3. The Balaban J connectivity index is 2.08. The Morgan fingerprint density at radius 2 is 1.92 bits per heavy atom. The molecule has 1 N–H and O–H groups in total. The second-order valence-electron chi connectivity index (χ2n) is 5.92. The third kappa shape index (κ3) is 2.59. The van der Waals surface area contributed by atoms with Crippen LogP contribution in [-0.4, -0.2) is 44.6 Å². The first kappa shape index (κ1) is 16.6. The minimum absolute atomic E-state index is 0.00638. The van der Waals surface area contributed by atoms with E-state index in [0.29, 0.717) is 11.6 Å². The zero-order chi connectivity index (χ0) is 17.6. The molecule has 24 heavy (non-hydrogen) atoms. The molecule has 1 aliphatic heterocycles. The van der Waals surface area contributed by atoms with E-state index in [1.165, 1.54) is 6.07 Å². The van der Waals surface area contributed by atoms with Gasteiger partial charge in [-0.1, -0.05) is 6.07 Å². The van der Waals surface area contributed by atoms with Crippen LogP contribution in [0.2, 0.25) is 0 Å². The van der Waals surface area contributed by atoms with Crippen molar-refractivity contribution in [2.75, 3.05) is 0 Å². The number of aryl methyl sites for hydroxylation is 3. The highest BCUT2D eigenvalue weighted by atomic mass is 32.2. The van der Waals surface area contributed by atoms with Gasteiger partial charge in [0, 0.05) is 0 Å². The van der Waals surface area contributed by atoms with Gasteiger partial charge in [0.25, 0.3) is 0 Å². The molecule has 0 saturated heterocycles. The van der Waals surface area contributed by atoms with E-state index in [4.69, 9.17) is 0 Å². The third-order valence-electron chi connectivity index (χ3n) is 4.38. The maximum atomic E-state index is 13.0. The number of carbonyl (C=O) groups is 1. The van der Waals surface area contributed by atoms with E-state index in [1.54, 1.807) is 23.6 Å². The van der Waals surface area contributed by atoms with Gasteiger partial charge in [-0.15, -0.1) is 10.2 Å². The van der Waals surface area contributed by atoms with Crippen LogP contribution in [0.25, 0.3) is 0 Å². The van der Waals surface area contributed by atoms with Crippen molar-refractivity contribution in [2.45, 2.75) is 44.8 Å². The predicted molar refractivity (Wildman–Crippen MR) is 84.8 cm³/mol. The van der Waals surface area contributed by atoms with Gasteiger partial charge in [-0.05, 0) is 44.0 Å². The van der Waals surface area contributed by atoms with Crippen molar-refractivity contribution in [3.63, 3.8) is 0 Å². The first-order valence-corrected chi connectivity index (χ1v) is 8.86. The molecule has 0 bridgehead atoms. The molecular formula is C15H18N4O4S. The Morgan fingerprint density at radius 3 is 2.54 bits per heavy atom. The standard InChI is InChI=1S/C15H18N4O4S/c1-9-4-5-12(6-10(9)2)24(22,23)19-8-14-17-16-11(3)18(14)7-13(19)15(20)21/h4-6,13H,7-8H2,1-3H3,(H,20,21). The average Bonchev–Trinajstić information content (AvgIpc) is 2.89. The van der Waals surface area contributed by atoms with E-state index >= 15 is 0 Å². The van der Waals surface area contributed by atoms with Gasteiger partial charge in [-0.25, -0.2) is 8.42 Å². The number of fused-ring (bicyclic) bond motifs is 1. The Labute approximate surface area is 139 Å². The van der Waals surface area contributed by atoms with Crippen molar-refractivity contribution in [2.24, 2.45) is 0 Å². The van der Waals surface area contributed by atoms with Gasteiger partial charge in [0.15, 0.2) is 0 Å². The quantitative estimate of drug-likeness (QED) is 0.880. The number of aliphatic carboxylic acids is 1.